The monoisotopic (exact) mass is 320 g/mol. The largest absolute Gasteiger partial charge is 0.496 e. The standard InChI is InChI=1S/C21H24N2O/c1-24-21-12-11-18(19-9-5-6-10-20(19)21)16-23(14-13-22)15-17-7-3-2-4-8-17/h2-12H,13-16,22H2,1H3. The maximum atomic E-state index is 5.83. The van der Waals surface area contributed by atoms with E-state index < -0.39 is 0 Å². The first-order valence-corrected chi connectivity index (χ1v) is 8.33. The van der Waals surface area contributed by atoms with Gasteiger partial charge < -0.3 is 10.5 Å². The fraction of sp³-hybridized carbons (Fsp3) is 0.238. The molecule has 3 heteroatoms. The number of ether oxygens (including phenoxy) is 1. The molecule has 3 aromatic carbocycles. The highest BCUT2D eigenvalue weighted by Gasteiger charge is 2.11. The number of hydrogen-bond donors (Lipinski definition) is 1. The third kappa shape index (κ3) is 3.75. The number of benzene rings is 3. The summed E-state index contributed by atoms with van der Waals surface area (Å²) >= 11 is 0. The summed E-state index contributed by atoms with van der Waals surface area (Å²) in [6, 6.07) is 23.2. The molecule has 0 aliphatic carbocycles. The smallest absolute Gasteiger partial charge is 0.126 e. The fourth-order valence-corrected chi connectivity index (χ4v) is 3.13. The molecule has 0 heterocycles. The Kier molecular flexibility index (Phi) is 5.47. The third-order valence-electron chi connectivity index (χ3n) is 4.28. The Morgan fingerprint density at radius 2 is 1.54 bits per heavy atom. The fourth-order valence-electron chi connectivity index (χ4n) is 3.13. The van der Waals surface area contributed by atoms with Gasteiger partial charge in [0.05, 0.1) is 7.11 Å². The van der Waals surface area contributed by atoms with E-state index in [0.717, 1.165) is 30.8 Å². The SMILES string of the molecule is COc1ccc(CN(CCN)Cc2ccccc2)c2ccccc12. The van der Waals surface area contributed by atoms with Gasteiger partial charge >= 0.3 is 0 Å². The molecule has 3 rings (SSSR count). The second kappa shape index (κ2) is 7.95. The lowest BCUT2D eigenvalue weighted by Gasteiger charge is -2.23. The Morgan fingerprint density at radius 1 is 0.833 bits per heavy atom. The van der Waals surface area contributed by atoms with E-state index >= 15 is 0 Å². The molecule has 0 unspecified atom stereocenters. The Bertz CT molecular complexity index is 786. The second-order valence-electron chi connectivity index (χ2n) is 5.96. The summed E-state index contributed by atoms with van der Waals surface area (Å²) in [6.07, 6.45) is 0. The molecule has 0 spiro atoms. The molecule has 3 nitrogen and oxygen atoms in total. The first kappa shape index (κ1) is 16.5. The van der Waals surface area contributed by atoms with Crippen molar-refractivity contribution in [3.05, 3.63) is 77.9 Å². The van der Waals surface area contributed by atoms with Crippen LogP contribution in [0.4, 0.5) is 0 Å². The third-order valence-corrected chi connectivity index (χ3v) is 4.28. The van der Waals surface area contributed by atoms with Crippen molar-refractivity contribution in [1.82, 2.24) is 4.90 Å². The summed E-state index contributed by atoms with van der Waals surface area (Å²) in [6.45, 7) is 3.30. The molecule has 0 aliphatic rings. The van der Waals surface area contributed by atoms with Gasteiger partial charge in [-0.25, -0.2) is 0 Å². The summed E-state index contributed by atoms with van der Waals surface area (Å²) in [7, 11) is 1.72. The number of fused-ring (bicyclic) bond motifs is 1. The summed E-state index contributed by atoms with van der Waals surface area (Å²) in [5.74, 6) is 0.919. The Balaban J connectivity index is 1.88. The van der Waals surface area contributed by atoms with E-state index in [1.165, 1.54) is 16.5 Å². The van der Waals surface area contributed by atoms with E-state index in [1.54, 1.807) is 7.11 Å². The minimum Gasteiger partial charge on any atom is -0.496 e. The van der Waals surface area contributed by atoms with Gasteiger partial charge in [0.25, 0.3) is 0 Å². The molecule has 0 radical (unpaired) electrons. The molecule has 0 amide bonds. The second-order valence-corrected chi connectivity index (χ2v) is 5.96. The first-order chi connectivity index (χ1) is 11.8. The average Bonchev–Trinajstić information content (AvgIpc) is 2.63. The Morgan fingerprint density at radius 3 is 2.25 bits per heavy atom. The molecule has 0 fully saturated rings. The molecule has 124 valence electrons. The van der Waals surface area contributed by atoms with Crippen LogP contribution < -0.4 is 10.5 Å². The lowest BCUT2D eigenvalue weighted by atomic mass is 10.0. The van der Waals surface area contributed by atoms with Crippen molar-refractivity contribution in [2.75, 3.05) is 20.2 Å². The minimum atomic E-state index is 0.654. The molecular weight excluding hydrogens is 296 g/mol. The summed E-state index contributed by atoms with van der Waals surface area (Å²) < 4.78 is 5.50. The van der Waals surface area contributed by atoms with Crippen LogP contribution in [0.2, 0.25) is 0 Å². The Labute approximate surface area is 143 Å². The normalized spacial score (nSPS) is 11.1. The first-order valence-electron chi connectivity index (χ1n) is 8.33. The van der Waals surface area contributed by atoms with E-state index in [9.17, 15) is 0 Å². The highest BCUT2D eigenvalue weighted by molar-refractivity contribution is 5.91. The lowest BCUT2D eigenvalue weighted by molar-refractivity contribution is 0.265. The summed E-state index contributed by atoms with van der Waals surface area (Å²) in [5.41, 5.74) is 8.44. The maximum Gasteiger partial charge on any atom is 0.126 e. The van der Waals surface area contributed by atoms with Crippen LogP contribution in [0.25, 0.3) is 10.8 Å². The predicted octanol–water partition coefficient (Wildman–Crippen LogP) is 3.81. The van der Waals surface area contributed by atoms with Crippen molar-refractivity contribution in [3.8, 4) is 5.75 Å². The van der Waals surface area contributed by atoms with E-state index in [1.807, 2.05) is 6.07 Å². The van der Waals surface area contributed by atoms with Gasteiger partial charge in [-0.3, -0.25) is 4.90 Å². The highest BCUT2D eigenvalue weighted by Crippen LogP contribution is 2.29. The van der Waals surface area contributed by atoms with Gasteiger partial charge in [-0.05, 0) is 22.6 Å². The number of rotatable bonds is 7. The summed E-state index contributed by atoms with van der Waals surface area (Å²) in [5, 5.41) is 2.40. The molecule has 0 saturated heterocycles. The van der Waals surface area contributed by atoms with Crippen LogP contribution in [0.5, 0.6) is 5.75 Å². The van der Waals surface area contributed by atoms with Gasteiger partial charge in [0.15, 0.2) is 0 Å². The van der Waals surface area contributed by atoms with Gasteiger partial charge in [0, 0.05) is 31.6 Å². The van der Waals surface area contributed by atoms with Gasteiger partial charge in [0.2, 0.25) is 0 Å². The zero-order chi connectivity index (χ0) is 16.8. The van der Waals surface area contributed by atoms with Crippen LogP contribution in [0.15, 0.2) is 66.7 Å². The van der Waals surface area contributed by atoms with E-state index in [4.69, 9.17) is 10.5 Å². The molecule has 0 bridgehead atoms. The Hall–Kier alpha value is -2.36. The number of nitrogens with zero attached hydrogens (tertiary/aromatic N) is 1. The molecule has 24 heavy (non-hydrogen) atoms. The van der Waals surface area contributed by atoms with E-state index in [0.29, 0.717) is 6.54 Å². The van der Waals surface area contributed by atoms with Crippen molar-refractivity contribution in [2.45, 2.75) is 13.1 Å². The van der Waals surface area contributed by atoms with E-state index in [-0.39, 0.29) is 0 Å². The van der Waals surface area contributed by atoms with Crippen molar-refractivity contribution < 1.29 is 4.74 Å². The van der Waals surface area contributed by atoms with Crippen molar-refractivity contribution >= 4 is 10.8 Å². The van der Waals surface area contributed by atoms with Crippen LogP contribution in [-0.4, -0.2) is 25.1 Å². The van der Waals surface area contributed by atoms with Gasteiger partial charge in [-0.1, -0.05) is 60.7 Å². The molecular formula is C21H24N2O. The zero-order valence-electron chi connectivity index (χ0n) is 14.1. The number of hydrogen-bond acceptors (Lipinski definition) is 3. The van der Waals surface area contributed by atoms with Crippen LogP contribution in [0, 0.1) is 0 Å². The number of nitrogens with two attached hydrogens (primary N) is 1. The molecule has 3 aromatic rings. The van der Waals surface area contributed by atoms with Crippen molar-refractivity contribution in [3.63, 3.8) is 0 Å². The zero-order valence-corrected chi connectivity index (χ0v) is 14.1. The maximum absolute atomic E-state index is 5.83. The van der Waals surface area contributed by atoms with Crippen molar-refractivity contribution in [1.29, 1.82) is 0 Å². The predicted molar refractivity (Wildman–Crippen MR) is 100 cm³/mol. The average molecular weight is 320 g/mol. The lowest BCUT2D eigenvalue weighted by Crippen LogP contribution is -2.28. The topological polar surface area (TPSA) is 38.5 Å². The molecule has 0 saturated carbocycles. The molecule has 0 aromatic heterocycles. The van der Waals surface area contributed by atoms with Gasteiger partial charge in [-0.15, -0.1) is 0 Å². The number of methoxy groups -OCH3 is 1. The van der Waals surface area contributed by atoms with Crippen molar-refractivity contribution in [2.24, 2.45) is 5.73 Å². The van der Waals surface area contributed by atoms with Crippen LogP contribution in [-0.2, 0) is 13.1 Å². The van der Waals surface area contributed by atoms with Crippen LogP contribution in [0.1, 0.15) is 11.1 Å². The van der Waals surface area contributed by atoms with Gasteiger partial charge in [-0.2, -0.15) is 0 Å². The van der Waals surface area contributed by atoms with E-state index in [2.05, 4.69) is 65.6 Å². The van der Waals surface area contributed by atoms with Crippen LogP contribution >= 0.6 is 0 Å². The van der Waals surface area contributed by atoms with Crippen LogP contribution in [0.3, 0.4) is 0 Å². The minimum absolute atomic E-state index is 0.654. The molecule has 0 aliphatic heterocycles. The molecule has 2 N–H and O–H groups in total. The highest BCUT2D eigenvalue weighted by atomic mass is 16.5. The quantitative estimate of drug-likeness (QED) is 0.719. The van der Waals surface area contributed by atoms with Gasteiger partial charge in [0.1, 0.15) is 5.75 Å². The molecule has 0 atom stereocenters. The summed E-state index contributed by atoms with van der Waals surface area (Å²) in [4.78, 5) is 2.39.